The smallest absolute Gasteiger partial charge is 0.266 e. The second-order valence-electron chi connectivity index (χ2n) is 10.3. The van der Waals surface area contributed by atoms with Gasteiger partial charge in [-0.15, -0.1) is 11.3 Å². The molecule has 6 nitrogen and oxygen atoms in total. The molecule has 178 valence electrons. The topological polar surface area (TPSA) is 75.2 Å². The standard InChI is InChI=1S/C27H32N4O2S/c1-14-10-15(2)13-31(12-14)27(33)20-7-6-16(3)21(11-20)29-25(32)23-17(4)22-18(5)28-24(19-8-9-19)30-26(22)34-23/h6-7,11,14-15,19H,8-10,12-13H2,1-5H3,(H,29,32). The van der Waals surface area contributed by atoms with E-state index >= 15 is 0 Å². The molecule has 0 bridgehead atoms. The SMILES string of the molecule is Cc1ccc(C(=O)N2CC(C)CC(C)C2)cc1NC(=O)c1sc2nc(C3CC3)nc(C)c2c1C. The fourth-order valence-electron chi connectivity index (χ4n) is 5.18. The Hall–Kier alpha value is -2.80. The fraction of sp³-hybridized carbons (Fsp3) is 0.481. The number of hydrogen-bond acceptors (Lipinski definition) is 5. The Bertz CT molecular complexity index is 1280. The number of thiophene rings is 1. The number of benzene rings is 1. The lowest BCUT2D eigenvalue weighted by atomic mass is 9.91. The zero-order chi connectivity index (χ0) is 24.1. The number of nitrogens with one attached hydrogen (secondary N) is 1. The highest BCUT2D eigenvalue weighted by atomic mass is 32.1. The maximum atomic E-state index is 13.3. The Morgan fingerprint density at radius 2 is 1.76 bits per heavy atom. The minimum atomic E-state index is -0.166. The zero-order valence-corrected chi connectivity index (χ0v) is 21.4. The van der Waals surface area contributed by atoms with Crippen molar-refractivity contribution in [1.29, 1.82) is 0 Å². The molecule has 3 aromatic rings. The molecule has 2 atom stereocenters. The molecule has 1 saturated carbocycles. The molecule has 1 saturated heterocycles. The molecule has 1 aliphatic carbocycles. The summed E-state index contributed by atoms with van der Waals surface area (Å²) in [5.41, 5.74) is 4.07. The summed E-state index contributed by atoms with van der Waals surface area (Å²) in [5.74, 6) is 2.24. The third kappa shape index (κ3) is 4.33. The highest BCUT2D eigenvalue weighted by Gasteiger charge is 2.29. The third-order valence-corrected chi connectivity index (χ3v) is 8.21. The van der Waals surface area contributed by atoms with Gasteiger partial charge in [0.05, 0.1) is 10.6 Å². The van der Waals surface area contributed by atoms with Crippen LogP contribution in [0, 0.1) is 32.6 Å². The van der Waals surface area contributed by atoms with Crippen LogP contribution in [0.4, 0.5) is 5.69 Å². The second-order valence-corrected chi connectivity index (χ2v) is 11.3. The van der Waals surface area contributed by atoms with Crippen molar-refractivity contribution in [2.24, 2.45) is 11.8 Å². The van der Waals surface area contributed by atoms with Gasteiger partial charge in [-0.2, -0.15) is 0 Å². The quantitative estimate of drug-likeness (QED) is 0.511. The van der Waals surface area contributed by atoms with E-state index in [9.17, 15) is 9.59 Å². The number of aryl methyl sites for hydroxylation is 3. The molecule has 34 heavy (non-hydrogen) atoms. The Balaban J connectivity index is 1.40. The van der Waals surface area contributed by atoms with Gasteiger partial charge >= 0.3 is 0 Å². The highest BCUT2D eigenvalue weighted by molar-refractivity contribution is 7.20. The van der Waals surface area contributed by atoms with Crippen LogP contribution in [0.3, 0.4) is 0 Å². The fourth-order valence-corrected chi connectivity index (χ4v) is 6.31. The molecule has 2 amide bonds. The molecule has 2 unspecified atom stereocenters. The van der Waals surface area contributed by atoms with E-state index in [4.69, 9.17) is 9.97 Å². The van der Waals surface area contributed by atoms with Crippen LogP contribution in [-0.2, 0) is 0 Å². The summed E-state index contributed by atoms with van der Waals surface area (Å²) in [5, 5.41) is 4.05. The van der Waals surface area contributed by atoms with Gasteiger partial charge in [0, 0.05) is 35.6 Å². The summed E-state index contributed by atoms with van der Waals surface area (Å²) in [6.45, 7) is 11.9. The number of piperidine rings is 1. The molecule has 3 heterocycles. The summed E-state index contributed by atoms with van der Waals surface area (Å²) < 4.78 is 0. The number of carbonyl (C=O) groups excluding carboxylic acids is 2. The molecule has 1 N–H and O–H groups in total. The third-order valence-electron chi connectivity index (χ3n) is 7.03. The van der Waals surface area contributed by atoms with Gasteiger partial charge in [-0.3, -0.25) is 9.59 Å². The van der Waals surface area contributed by atoms with Gasteiger partial charge in [0.15, 0.2) is 0 Å². The van der Waals surface area contributed by atoms with Crippen molar-refractivity contribution in [2.45, 2.75) is 59.8 Å². The summed E-state index contributed by atoms with van der Waals surface area (Å²) in [6, 6.07) is 5.59. The molecular formula is C27H32N4O2S. The first-order valence-corrected chi connectivity index (χ1v) is 13.0. The van der Waals surface area contributed by atoms with Crippen LogP contribution in [0.5, 0.6) is 0 Å². The predicted molar refractivity (Wildman–Crippen MR) is 137 cm³/mol. The Labute approximate surface area is 204 Å². The van der Waals surface area contributed by atoms with Crippen LogP contribution >= 0.6 is 11.3 Å². The number of anilines is 1. The van der Waals surface area contributed by atoms with Crippen molar-refractivity contribution >= 4 is 39.1 Å². The largest absolute Gasteiger partial charge is 0.338 e. The summed E-state index contributed by atoms with van der Waals surface area (Å²) in [6.07, 6.45) is 3.44. The molecule has 2 fully saturated rings. The van der Waals surface area contributed by atoms with E-state index in [0.29, 0.717) is 33.9 Å². The summed E-state index contributed by atoms with van der Waals surface area (Å²) >= 11 is 1.43. The van der Waals surface area contributed by atoms with Crippen LogP contribution in [0.2, 0.25) is 0 Å². The number of aromatic nitrogens is 2. The highest BCUT2D eigenvalue weighted by Crippen LogP contribution is 2.40. The van der Waals surface area contributed by atoms with Crippen LogP contribution in [0.1, 0.15) is 81.7 Å². The number of carbonyl (C=O) groups is 2. The molecule has 2 aromatic heterocycles. The van der Waals surface area contributed by atoms with E-state index in [2.05, 4.69) is 19.2 Å². The van der Waals surface area contributed by atoms with Crippen LogP contribution in [0.15, 0.2) is 18.2 Å². The molecule has 7 heteroatoms. The molecule has 5 rings (SSSR count). The van der Waals surface area contributed by atoms with Crippen molar-refractivity contribution in [3.63, 3.8) is 0 Å². The first-order valence-electron chi connectivity index (χ1n) is 12.2. The van der Waals surface area contributed by atoms with Crippen molar-refractivity contribution < 1.29 is 9.59 Å². The Morgan fingerprint density at radius 1 is 1.06 bits per heavy atom. The normalized spacial score (nSPS) is 20.6. The lowest BCUT2D eigenvalue weighted by Crippen LogP contribution is -2.42. The van der Waals surface area contributed by atoms with E-state index in [1.165, 1.54) is 11.3 Å². The van der Waals surface area contributed by atoms with Gasteiger partial charge in [-0.1, -0.05) is 19.9 Å². The van der Waals surface area contributed by atoms with Crippen molar-refractivity contribution in [1.82, 2.24) is 14.9 Å². The van der Waals surface area contributed by atoms with Gasteiger partial charge in [0.25, 0.3) is 11.8 Å². The minimum absolute atomic E-state index is 0.0328. The van der Waals surface area contributed by atoms with Gasteiger partial charge in [-0.25, -0.2) is 9.97 Å². The van der Waals surface area contributed by atoms with Gasteiger partial charge < -0.3 is 10.2 Å². The lowest BCUT2D eigenvalue weighted by molar-refractivity contribution is 0.0623. The lowest BCUT2D eigenvalue weighted by Gasteiger charge is -2.35. The number of likely N-dealkylation sites (tertiary alicyclic amines) is 1. The van der Waals surface area contributed by atoms with Gasteiger partial charge in [0.2, 0.25) is 0 Å². The minimum Gasteiger partial charge on any atom is -0.338 e. The molecule has 1 aliphatic heterocycles. The molecule has 0 spiro atoms. The number of amides is 2. The number of nitrogens with zero attached hydrogens (tertiary/aromatic N) is 3. The Kier molecular flexibility index (Phi) is 5.92. The average Bonchev–Trinajstić information content (AvgIpc) is 3.57. The molecular weight excluding hydrogens is 444 g/mol. The second kappa shape index (κ2) is 8.77. The van der Waals surface area contributed by atoms with Gasteiger partial charge in [0.1, 0.15) is 10.7 Å². The number of rotatable bonds is 4. The monoisotopic (exact) mass is 476 g/mol. The van der Waals surface area contributed by atoms with Crippen LogP contribution < -0.4 is 5.32 Å². The van der Waals surface area contributed by atoms with Crippen LogP contribution in [-0.4, -0.2) is 39.8 Å². The Morgan fingerprint density at radius 3 is 2.44 bits per heavy atom. The average molecular weight is 477 g/mol. The number of fused-ring (bicyclic) bond motifs is 1. The summed E-state index contributed by atoms with van der Waals surface area (Å²) in [4.78, 5) is 39.5. The van der Waals surface area contributed by atoms with E-state index < -0.39 is 0 Å². The van der Waals surface area contributed by atoms with E-state index in [1.807, 2.05) is 43.9 Å². The first kappa shape index (κ1) is 23.0. The van der Waals surface area contributed by atoms with Crippen LogP contribution in [0.25, 0.3) is 10.2 Å². The molecule has 2 aliphatic rings. The predicted octanol–water partition coefficient (Wildman–Crippen LogP) is 5.86. The van der Waals surface area contributed by atoms with Gasteiger partial charge in [-0.05, 0) is 75.1 Å². The van der Waals surface area contributed by atoms with E-state index in [0.717, 1.165) is 65.2 Å². The zero-order valence-electron chi connectivity index (χ0n) is 20.6. The number of hydrogen-bond donors (Lipinski definition) is 1. The first-order chi connectivity index (χ1) is 16.2. The molecule has 1 aromatic carbocycles. The van der Waals surface area contributed by atoms with Crippen molar-refractivity contribution in [2.75, 3.05) is 18.4 Å². The molecule has 0 radical (unpaired) electrons. The van der Waals surface area contributed by atoms with E-state index in [1.54, 1.807) is 0 Å². The maximum absolute atomic E-state index is 13.3. The summed E-state index contributed by atoms with van der Waals surface area (Å²) in [7, 11) is 0. The van der Waals surface area contributed by atoms with E-state index in [-0.39, 0.29) is 11.8 Å². The van der Waals surface area contributed by atoms with Crippen molar-refractivity contribution in [3.8, 4) is 0 Å². The maximum Gasteiger partial charge on any atom is 0.266 e. The van der Waals surface area contributed by atoms with Crippen molar-refractivity contribution in [3.05, 3.63) is 51.3 Å².